The first kappa shape index (κ1) is 15.5. The fourth-order valence-corrected chi connectivity index (χ4v) is 2.09. The van der Waals surface area contributed by atoms with Gasteiger partial charge in [0.05, 0.1) is 11.6 Å². The molecule has 1 amide bonds. The molecular weight excluding hydrogens is 302 g/mol. The topological polar surface area (TPSA) is 41.1 Å². The van der Waals surface area contributed by atoms with Crippen molar-refractivity contribution in [1.29, 1.82) is 0 Å². The number of halogens is 6. The Morgan fingerprint density at radius 1 is 1.19 bits per heavy atom. The smallest absolute Gasteiger partial charge is 0.385 e. The number of hydrogen-bond donors (Lipinski definition) is 2. The standard InChI is InChI=1S/C12H10F6N2O/c13-11(14,15)6-1-2-8-7(5-6)9(3-4-19-8)20-10(21)12(16,17)18/h1-2,5,9,19H,3-4H2,(H,20,21). The summed E-state index contributed by atoms with van der Waals surface area (Å²) >= 11 is 0. The van der Waals surface area contributed by atoms with Crippen LogP contribution in [0.15, 0.2) is 18.2 Å². The number of carbonyl (C=O) groups is 1. The molecule has 0 saturated heterocycles. The van der Waals surface area contributed by atoms with E-state index in [4.69, 9.17) is 0 Å². The van der Waals surface area contributed by atoms with Crippen LogP contribution in [-0.4, -0.2) is 18.6 Å². The molecule has 1 aliphatic rings. The predicted octanol–water partition coefficient (Wildman–Crippen LogP) is 3.24. The lowest BCUT2D eigenvalue weighted by molar-refractivity contribution is -0.174. The highest BCUT2D eigenvalue weighted by Crippen LogP contribution is 2.36. The van der Waals surface area contributed by atoms with E-state index in [1.807, 2.05) is 0 Å². The molecule has 2 N–H and O–H groups in total. The second-order valence-electron chi connectivity index (χ2n) is 4.54. The first-order chi connectivity index (χ1) is 9.59. The third-order valence-electron chi connectivity index (χ3n) is 3.07. The number of rotatable bonds is 1. The minimum Gasteiger partial charge on any atom is -0.385 e. The highest BCUT2D eigenvalue weighted by atomic mass is 19.4. The number of nitrogens with one attached hydrogen (secondary N) is 2. The van der Waals surface area contributed by atoms with Crippen molar-refractivity contribution < 1.29 is 31.1 Å². The molecule has 1 atom stereocenters. The maximum Gasteiger partial charge on any atom is 0.471 e. The van der Waals surface area contributed by atoms with Crippen molar-refractivity contribution in [3.05, 3.63) is 29.3 Å². The van der Waals surface area contributed by atoms with Gasteiger partial charge in [-0.1, -0.05) is 0 Å². The summed E-state index contributed by atoms with van der Waals surface area (Å²) < 4.78 is 74.7. The Kier molecular flexibility index (Phi) is 3.77. The summed E-state index contributed by atoms with van der Waals surface area (Å²) in [5.41, 5.74) is -0.702. The van der Waals surface area contributed by atoms with Crippen molar-refractivity contribution in [3.8, 4) is 0 Å². The van der Waals surface area contributed by atoms with Crippen molar-refractivity contribution in [2.24, 2.45) is 0 Å². The molecule has 9 heteroatoms. The van der Waals surface area contributed by atoms with Crippen molar-refractivity contribution in [2.45, 2.75) is 24.8 Å². The summed E-state index contributed by atoms with van der Waals surface area (Å²) in [5, 5.41) is 4.51. The molecule has 116 valence electrons. The van der Waals surface area contributed by atoms with Gasteiger partial charge in [-0.25, -0.2) is 0 Å². The number of hydrogen-bond acceptors (Lipinski definition) is 2. The van der Waals surface area contributed by atoms with E-state index in [-0.39, 0.29) is 24.2 Å². The summed E-state index contributed by atoms with van der Waals surface area (Å²) in [4.78, 5) is 10.9. The lowest BCUT2D eigenvalue weighted by Crippen LogP contribution is -2.41. The third-order valence-corrected chi connectivity index (χ3v) is 3.07. The average Bonchev–Trinajstić information content (AvgIpc) is 2.36. The molecule has 3 nitrogen and oxygen atoms in total. The van der Waals surface area contributed by atoms with Gasteiger partial charge in [0.1, 0.15) is 0 Å². The van der Waals surface area contributed by atoms with Crippen molar-refractivity contribution in [2.75, 3.05) is 11.9 Å². The van der Waals surface area contributed by atoms with Crippen LogP contribution in [0.25, 0.3) is 0 Å². The SMILES string of the molecule is O=C(NC1CCNc2ccc(C(F)(F)F)cc21)C(F)(F)F. The Labute approximate surface area is 115 Å². The molecule has 1 heterocycles. The lowest BCUT2D eigenvalue weighted by Gasteiger charge is -2.28. The second-order valence-corrected chi connectivity index (χ2v) is 4.54. The van der Waals surface area contributed by atoms with Gasteiger partial charge in [0, 0.05) is 12.2 Å². The number of fused-ring (bicyclic) bond motifs is 1. The van der Waals surface area contributed by atoms with E-state index in [0.29, 0.717) is 0 Å². The normalized spacial score (nSPS) is 18.7. The van der Waals surface area contributed by atoms with Gasteiger partial charge in [0.15, 0.2) is 0 Å². The minimum atomic E-state index is -5.08. The van der Waals surface area contributed by atoms with E-state index in [9.17, 15) is 31.1 Å². The summed E-state index contributed by atoms with van der Waals surface area (Å²) in [7, 11) is 0. The molecule has 2 rings (SSSR count). The quantitative estimate of drug-likeness (QED) is 0.782. The number of benzene rings is 1. The van der Waals surface area contributed by atoms with Gasteiger partial charge >= 0.3 is 18.3 Å². The third kappa shape index (κ3) is 3.40. The highest BCUT2D eigenvalue weighted by Gasteiger charge is 2.41. The van der Waals surface area contributed by atoms with Crippen LogP contribution in [0.1, 0.15) is 23.6 Å². The zero-order valence-electron chi connectivity index (χ0n) is 10.4. The molecule has 0 fully saturated rings. The molecule has 21 heavy (non-hydrogen) atoms. The Bertz CT molecular complexity index is 552. The molecule has 0 bridgehead atoms. The van der Waals surface area contributed by atoms with Crippen molar-refractivity contribution >= 4 is 11.6 Å². The zero-order valence-corrected chi connectivity index (χ0v) is 10.4. The zero-order chi connectivity index (χ0) is 15.8. The van der Waals surface area contributed by atoms with Gasteiger partial charge in [-0.15, -0.1) is 0 Å². The molecule has 1 aromatic rings. The van der Waals surface area contributed by atoms with E-state index in [1.54, 1.807) is 5.32 Å². The minimum absolute atomic E-state index is 0.00586. The maximum atomic E-state index is 12.6. The van der Waals surface area contributed by atoms with Crippen LogP contribution >= 0.6 is 0 Å². The summed E-state index contributed by atoms with van der Waals surface area (Å²) in [6.07, 6.45) is -9.62. The van der Waals surface area contributed by atoms with Crippen LogP contribution in [0, 0.1) is 0 Å². The van der Waals surface area contributed by atoms with Gasteiger partial charge in [-0.3, -0.25) is 4.79 Å². The first-order valence-corrected chi connectivity index (χ1v) is 5.92. The second kappa shape index (κ2) is 5.12. The van der Waals surface area contributed by atoms with Gasteiger partial charge in [0.2, 0.25) is 0 Å². The Morgan fingerprint density at radius 3 is 2.43 bits per heavy atom. The largest absolute Gasteiger partial charge is 0.471 e. The van der Waals surface area contributed by atoms with E-state index in [2.05, 4.69) is 5.32 Å². The van der Waals surface area contributed by atoms with Gasteiger partial charge in [-0.2, -0.15) is 26.3 Å². The fourth-order valence-electron chi connectivity index (χ4n) is 2.09. The number of amides is 1. The van der Waals surface area contributed by atoms with E-state index >= 15 is 0 Å². The molecule has 0 radical (unpaired) electrons. The van der Waals surface area contributed by atoms with Gasteiger partial charge in [-0.05, 0) is 30.2 Å². The fraction of sp³-hybridized carbons (Fsp3) is 0.417. The maximum absolute atomic E-state index is 12.6. The van der Waals surface area contributed by atoms with Crippen molar-refractivity contribution in [1.82, 2.24) is 5.32 Å². The van der Waals surface area contributed by atoms with Gasteiger partial charge in [0.25, 0.3) is 0 Å². The van der Waals surface area contributed by atoms with E-state index < -0.39 is 29.9 Å². The molecule has 1 aromatic carbocycles. The molecule has 0 aromatic heterocycles. The first-order valence-electron chi connectivity index (χ1n) is 5.92. The summed E-state index contributed by atoms with van der Waals surface area (Å²) in [6.45, 7) is 0.251. The lowest BCUT2D eigenvalue weighted by atomic mass is 9.95. The van der Waals surface area contributed by atoms with Crippen LogP contribution < -0.4 is 10.6 Å². The molecule has 0 spiro atoms. The number of anilines is 1. The van der Waals surface area contributed by atoms with Crippen LogP contribution in [-0.2, 0) is 11.0 Å². The Morgan fingerprint density at radius 2 is 1.86 bits per heavy atom. The van der Waals surface area contributed by atoms with Crippen LogP contribution in [0.2, 0.25) is 0 Å². The number of carbonyl (C=O) groups excluding carboxylic acids is 1. The van der Waals surface area contributed by atoms with Crippen LogP contribution in [0.4, 0.5) is 32.0 Å². The highest BCUT2D eigenvalue weighted by molar-refractivity contribution is 5.82. The summed E-state index contributed by atoms with van der Waals surface area (Å²) in [5.74, 6) is -2.17. The van der Waals surface area contributed by atoms with E-state index in [1.165, 1.54) is 0 Å². The monoisotopic (exact) mass is 312 g/mol. The predicted molar refractivity (Wildman–Crippen MR) is 61.5 cm³/mol. The Balaban J connectivity index is 2.31. The van der Waals surface area contributed by atoms with Crippen molar-refractivity contribution in [3.63, 3.8) is 0 Å². The molecule has 0 saturated carbocycles. The Hall–Kier alpha value is -1.93. The molecular formula is C12H10F6N2O. The average molecular weight is 312 g/mol. The van der Waals surface area contributed by atoms with Gasteiger partial charge < -0.3 is 10.6 Å². The number of alkyl halides is 6. The van der Waals surface area contributed by atoms with Crippen LogP contribution in [0.3, 0.4) is 0 Å². The van der Waals surface area contributed by atoms with Crippen LogP contribution in [0.5, 0.6) is 0 Å². The summed E-state index contributed by atoms with van der Waals surface area (Å²) in [6, 6.07) is 1.62. The molecule has 1 aliphatic heterocycles. The molecule has 0 aliphatic carbocycles. The van der Waals surface area contributed by atoms with E-state index in [0.717, 1.165) is 18.2 Å². The molecule has 1 unspecified atom stereocenters.